The van der Waals surface area contributed by atoms with Crippen molar-refractivity contribution in [1.29, 1.82) is 0 Å². The molecule has 23 heavy (non-hydrogen) atoms. The molecule has 2 aromatic heterocycles. The molecule has 3 rings (SSSR count). The van der Waals surface area contributed by atoms with E-state index in [0.29, 0.717) is 21.9 Å². The van der Waals surface area contributed by atoms with Crippen molar-refractivity contribution >= 4 is 33.0 Å². The van der Waals surface area contributed by atoms with Crippen LogP contribution in [-0.4, -0.2) is 17.8 Å². The number of benzene rings is 1. The molecule has 5 nitrogen and oxygen atoms in total. The number of halogens is 1. The Morgan fingerprint density at radius 2 is 1.91 bits per heavy atom. The molecule has 0 aliphatic heterocycles. The van der Waals surface area contributed by atoms with E-state index in [-0.39, 0.29) is 5.75 Å². The Morgan fingerprint density at radius 1 is 1.17 bits per heavy atom. The summed E-state index contributed by atoms with van der Waals surface area (Å²) in [5, 5.41) is 0.434. The molecule has 0 amide bonds. The van der Waals surface area contributed by atoms with E-state index in [9.17, 15) is 8.42 Å². The van der Waals surface area contributed by atoms with Gasteiger partial charge in [-0.05, 0) is 37.6 Å². The van der Waals surface area contributed by atoms with Gasteiger partial charge in [-0.1, -0.05) is 29.8 Å². The Hall–Kier alpha value is -2.05. The van der Waals surface area contributed by atoms with Crippen LogP contribution in [0.4, 0.5) is 5.69 Å². The van der Waals surface area contributed by atoms with Gasteiger partial charge in [0, 0.05) is 16.9 Å². The number of hydrogen-bond acceptors (Lipinski definition) is 3. The molecular weight excluding hydrogens is 334 g/mol. The lowest BCUT2D eigenvalue weighted by molar-refractivity contribution is 0.600. The van der Waals surface area contributed by atoms with Gasteiger partial charge in [0.15, 0.2) is 5.65 Å². The van der Waals surface area contributed by atoms with E-state index in [2.05, 4.69) is 9.71 Å². The fourth-order valence-electron chi connectivity index (χ4n) is 2.40. The zero-order valence-corrected chi connectivity index (χ0v) is 14.3. The van der Waals surface area contributed by atoms with E-state index in [1.807, 2.05) is 24.4 Å². The summed E-state index contributed by atoms with van der Waals surface area (Å²) in [5.41, 5.74) is 3.44. The smallest absolute Gasteiger partial charge is 0.237 e. The van der Waals surface area contributed by atoms with Gasteiger partial charge in [-0.25, -0.2) is 13.4 Å². The maximum absolute atomic E-state index is 12.5. The Balaban J connectivity index is 1.95. The molecule has 3 aromatic rings. The second kappa shape index (κ2) is 5.86. The van der Waals surface area contributed by atoms with Crippen molar-refractivity contribution in [3.63, 3.8) is 0 Å². The van der Waals surface area contributed by atoms with Crippen LogP contribution in [0, 0.1) is 13.8 Å². The minimum Gasteiger partial charge on any atom is -0.302 e. The third-order valence-electron chi connectivity index (χ3n) is 3.69. The summed E-state index contributed by atoms with van der Waals surface area (Å²) in [4.78, 5) is 4.43. The van der Waals surface area contributed by atoms with Crippen LogP contribution in [0.3, 0.4) is 0 Å². The highest BCUT2D eigenvalue weighted by Crippen LogP contribution is 2.23. The zero-order valence-electron chi connectivity index (χ0n) is 12.7. The van der Waals surface area contributed by atoms with Crippen molar-refractivity contribution in [2.75, 3.05) is 4.72 Å². The average Bonchev–Trinajstić information content (AvgIpc) is 2.78. The Kier molecular flexibility index (Phi) is 4.04. The highest BCUT2D eigenvalue weighted by atomic mass is 35.5. The van der Waals surface area contributed by atoms with Gasteiger partial charge >= 0.3 is 0 Å². The molecule has 0 radical (unpaired) electrons. The molecule has 0 fully saturated rings. The molecular formula is C16H16ClN3O2S. The largest absolute Gasteiger partial charge is 0.302 e. The molecule has 0 aliphatic carbocycles. The van der Waals surface area contributed by atoms with Crippen molar-refractivity contribution in [3.8, 4) is 0 Å². The summed E-state index contributed by atoms with van der Waals surface area (Å²) in [6.07, 6.45) is 1.86. The molecule has 1 aromatic carbocycles. The van der Waals surface area contributed by atoms with Crippen molar-refractivity contribution in [2.24, 2.45) is 0 Å². The average molecular weight is 350 g/mol. The third kappa shape index (κ3) is 3.18. The van der Waals surface area contributed by atoms with Crippen LogP contribution < -0.4 is 4.72 Å². The normalized spacial score (nSPS) is 11.8. The van der Waals surface area contributed by atoms with Gasteiger partial charge in [0.2, 0.25) is 10.0 Å². The predicted molar refractivity (Wildman–Crippen MR) is 92.4 cm³/mol. The van der Waals surface area contributed by atoms with E-state index < -0.39 is 10.0 Å². The summed E-state index contributed by atoms with van der Waals surface area (Å²) in [5.74, 6) is -0.188. The van der Waals surface area contributed by atoms with Crippen LogP contribution in [0.1, 0.15) is 17.0 Å². The van der Waals surface area contributed by atoms with Gasteiger partial charge in [-0.3, -0.25) is 4.72 Å². The molecule has 1 N–H and O–H groups in total. The number of aromatic nitrogens is 2. The van der Waals surface area contributed by atoms with Crippen LogP contribution >= 0.6 is 11.6 Å². The number of sulfonamides is 1. The summed E-state index contributed by atoms with van der Waals surface area (Å²) in [6.45, 7) is 3.84. The summed E-state index contributed by atoms with van der Waals surface area (Å²) >= 11 is 6.04. The number of aryl methyl sites for hydroxylation is 2. The maximum atomic E-state index is 12.5. The molecule has 0 bridgehead atoms. The number of rotatable bonds is 4. The maximum Gasteiger partial charge on any atom is 0.237 e. The monoisotopic (exact) mass is 349 g/mol. The van der Waals surface area contributed by atoms with E-state index in [1.54, 1.807) is 36.4 Å². The van der Waals surface area contributed by atoms with E-state index in [1.165, 1.54) is 0 Å². The number of imidazole rings is 1. The molecule has 0 saturated carbocycles. The molecule has 120 valence electrons. The van der Waals surface area contributed by atoms with Gasteiger partial charge < -0.3 is 4.40 Å². The zero-order chi connectivity index (χ0) is 16.6. The third-order valence-corrected chi connectivity index (χ3v) is 5.29. The minimum atomic E-state index is -3.59. The molecule has 0 saturated heterocycles. The lowest BCUT2D eigenvalue weighted by Crippen LogP contribution is -2.16. The van der Waals surface area contributed by atoms with Crippen molar-refractivity contribution in [2.45, 2.75) is 19.6 Å². The summed E-state index contributed by atoms with van der Waals surface area (Å²) < 4.78 is 29.4. The van der Waals surface area contributed by atoms with Gasteiger partial charge in [-0.2, -0.15) is 0 Å². The number of fused-ring (bicyclic) bond motifs is 1. The molecule has 0 spiro atoms. The standard InChI is InChI=1S/C16H16ClN3O2S/c1-11-12(2)20-9-5-8-15(16(20)18-11)19-23(21,22)10-13-6-3-4-7-14(13)17/h3-9,19H,10H2,1-2H3. The number of hydrogen-bond donors (Lipinski definition) is 1. The summed E-state index contributed by atoms with van der Waals surface area (Å²) in [7, 11) is -3.59. The first-order chi connectivity index (χ1) is 10.9. The van der Waals surface area contributed by atoms with Gasteiger partial charge in [0.1, 0.15) is 0 Å². The second-order valence-electron chi connectivity index (χ2n) is 5.35. The van der Waals surface area contributed by atoms with Crippen molar-refractivity contribution in [3.05, 3.63) is 64.6 Å². The lowest BCUT2D eigenvalue weighted by Gasteiger charge is -2.10. The first-order valence-electron chi connectivity index (χ1n) is 7.05. The van der Waals surface area contributed by atoms with E-state index >= 15 is 0 Å². The highest BCUT2D eigenvalue weighted by molar-refractivity contribution is 7.91. The van der Waals surface area contributed by atoms with Gasteiger partial charge in [0.05, 0.1) is 17.1 Å². The number of nitrogens with one attached hydrogen (secondary N) is 1. The SMILES string of the molecule is Cc1nc2c(NS(=O)(=O)Cc3ccccc3Cl)cccn2c1C. The number of anilines is 1. The van der Waals surface area contributed by atoms with Crippen molar-refractivity contribution in [1.82, 2.24) is 9.38 Å². The Morgan fingerprint density at radius 3 is 2.65 bits per heavy atom. The van der Waals surface area contributed by atoms with Gasteiger partial charge in [-0.15, -0.1) is 0 Å². The van der Waals surface area contributed by atoms with Crippen LogP contribution in [0.5, 0.6) is 0 Å². The molecule has 2 heterocycles. The van der Waals surface area contributed by atoms with Crippen LogP contribution in [0.15, 0.2) is 42.6 Å². The fraction of sp³-hybridized carbons (Fsp3) is 0.188. The first kappa shape index (κ1) is 15.8. The van der Waals surface area contributed by atoms with Crippen LogP contribution in [-0.2, 0) is 15.8 Å². The van der Waals surface area contributed by atoms with Crippen LogP contribution in [0.2, 0.25) is 5.02 Å². The Labute approximate surface area is 140 Å². The van der Waals surface area contributed by atoms with Crippen LogP contribution in [0.25, 0.3) is 5.65 Å². The molecule has 7 heteroatoms. The minimum absolute atomic E-state index is 0.188. The predicted octanol–water partition coefficient (Wildman–Crippen LogP) is 3.55. The fourth-order valence-corrected chi connectivity index (χ4v) is 3.91. The molecule has 0 aliphatic rings. The Bertz CT molecular complexity index is 980. The highest BCUT2D eigenvalue weighted by Gasteiger charge is 2.17. The van der Waals surface area contributed by atoms with Gasteiger partial charge in [0.25, 0.3) is 0 Å². The molecule has 0 unspecified atom stereocenters. The molecule has 0 atom stereocenters. The topological polar surface area (TPSA) is 63.5 Å². The van der Waals surface area contributed by atoms with E-state index in [0.717, 1.165) is 11.4 Å². The lowest BCUT2D eigenvalue weighted by atomic mass is 10.2. The number of pyridine rings is 1. The summed E-state index contributed by atoms with van der Waals surface area (Å²) in [6, 6.07) is 10.4. The number of nitrogens with zero attached hydrogens (tertiary/aromatic N) is 2. The first-order valence-corrected chi connectivity index (χ1v) is 9.08. The van der Waals surface area contributed by atoms with E-state index in [4.69, 9.17) is 11.6 Å². The second-order valence-corrected chi connectivity index (χ2v) is 7.48. The van der Waals surface area contributed by atoms with Crippen molar-refractivity contribution < 1.29 is 8.42 Å². The quantitative estimate of drug-likeness (QED) is 0.783.